The Morgan fingerprint density at radius 1 is 1.12 bits per heavy atom. The molecule has 4 heteroatoms. The second-order valence-electron chi connectivity index (χ2n) is 3.77. The Labute approximate surface area is 99.0 Å². The van der Waals surface area contributed by atoms with E-state index in [0.717, 1.165) is 11.1 Å². The lowest BCUT2D eigenvalue weighted by Crippen LogP contribution is -2.22. The summed E-state index contributed by atoms with van der Waals surface area (Å²) in [5, 5.41) is 4.59. The molecule has 1 aliphatic rings. The van der Waals surface area contributed by atoms with E-state index in [1.54, 1.807) is 6.08 Å². The summed E-state index contributed by atoms with van der Waals surface area (Å²) in [6.07, 6.45) is 3.58. The molecule has 0 radical (unpaired) electrons. The fourth-order valence-electron chi connectivity index (χ4n) is 1.56. The van der Waals surface area contributed by atoms with Crippen LogP contribution in [-0.2, 0) is 4.79 Å². The Kier molecular flexibility index (Phi) is 3.05. The van der Waals surface area contributed by atoms with Crippen molar-refractivity contribution in [2.45, 2.75) is 6.92 Å². The maximum Gasteiger partial charge on any atom is 0.326 e. The molecule has 0 bridgehead atoms. The number of benzene rings is 1. The first-order valence-corrected chi connectivity index (χ1v) is 5.22. The fraction of sp³-hybridized carbons (Fsp3) is 0.0769. The summed E-state index contributed by atoms with van der Waals surface area (Å²) in [5.41, 5.74) is 2.22. The highest BCUT2D eigenvalue weighted by atomic mass is 16.2. The zero-order chi connectivity index (χ0) is 12.3. The van der Waals surface area contributed by atoms with E-state index in [1.165, 1.54) is 0 Å². The second kappa shape index (κ2) is 4.65. The molecule has 2 N–H and O–H groups in total. The SMILES string of the molecule is CC(=C/c1ccccc1)/C=C1/NC(=O)NC1=O. The lowest BCUT2D eigenvalue weighted by atomic mass is 10.1. The van der Waals surface area contributed by atoms with Crippen molar-refractivity contribution in [1.82, 2.24) is 10.6 Å². The van der Waals surface area contributed by atoms with Gasteiger partial charge in [-0.1, -0.05) is 36.4 Å². The first kappa shape index (κ1) is 11.1. The van der Waals surface area contributed by atoms with Crippen LogP contribution < -0.4 is 10.6 Å². The van der Waals surface area contributed by atoms with Gasteiger partial charge in [0.2, 0.25) is 0 Å². The summed E-state index contributed by atoms with van der Waals surface area (Å²) in [5.74, 6) is -0.393. The van der Waals surface area contributed by atoms with Crippen LogP contribution >= 0.6 is 0 Å². The molecule has 86 valence electrons. The highest BCUT2D eigenvalue weighted by Crippen LogP contribution is 2.09. The van der Waals surface area contributed by atoms with Crippen molar-refractivity contribution < 1.29 is 9.59 Å². The molecule has 0 aromatic heterocycles. The number of amides is 3. The number of nitrogens with one attached hydrogen (secondary N) is 2. The highest BCUT2D eigenvalue weighted by molar-refractivity contribution is 6.11. The molecule has 17 heavy (non-hydrogen) atoms. The molecule has 1 heterocycles. The highest BCUT2D eigenvalue weighted by Gasteiger charge is 2.22. The van der Waals surface area contributed by atoms with Gasteiger partial charge in [-0.05, 0) is 24.1 Å². The Balaban J connectivity index is 2.19. The summed E-state index contributed by atoms with van der Waals surface area (Å²) in [6.45, 7) is 1.87. The van der Waals surface area contributed by atoms with Crippen LogP contribution in [0, 0.1) is 0 Å². The lowest BCUT2D eigenvalue weighted by Gasteiger charge is -1.97. The molecule has 1 saturated heterocycles. The van der Waals surface area contributed by atoms with E-state index in [4.69, 9.17) is 0 Å². The summed E-state index contributed by atoms with van der Waals surface area (Å²) in [4.78, 5) is 22.2. The van der Waals surface area contributed by atoms with Crippen molar-refractivity contribution in [2.24, 2.45) is 0 Å². The molecule has 1 fully saturated rings. The Hall–Kier alpha value is -2.36. The average Bonchev–Trinajstić information content (AvgIpc) is 2.58. The predicted molar refractivity (Wildman–Crippen MR) is 64.9 cm³/mol. The molecule has 0 spiro atoms. The van der Waals surface area contributed by atoms with Crippen LogP contribution in [0.3, 0.4) is 0 Å². The van der Waals surface area contributed by atoms with Crippen molar-refractivity contribution in [1.29, 1.82) is 0 Å². The third-order valence-electron chi connectivity index (χ3n) is 2.29. The zero-order valence-corrected chi connectivity index (χ0v) is 9.36. The van der Waals surface area contributed by atoms with Gasteiger partial charge in [0.1, 0.15) is 5.70 Å². The number of hydrogen-bond acceptors (Lipinski definition) is 2. The molecule has 0 aliphatic carbocycles. The van der Waals surface area contributed by atoms with Crippen molar-refractivity contribution in [2.75, 3.05) is 0 Å². The minimum atomic E-state index is -0.478. The van der Waals surface area contributed by atoms with Crippen molar-refractivity contribution in [3.05, 3.63) is 53.2 Å². The molecule has 1 aliphatic heterocycles. The first-order valence-electron chi connectivity index (χ1n) is 5.22. The summed E-state index contributed by atoms with van der Waals surface area (Å²) < 4.78 is 0. The van der Waals surface area contributed by atoms with Crippen LogP contribution in [0.25, 0.3) is 6.08 Å². The molecule has 1 aromatic carbocycles. The van der Waals surface area contributed by atoms with Crippen LogP contribution in [0.2, 0.25) is 0 Å². The van der Waals surface area contributed by atoms with Gasteiger partial charge < -0.3 is 5.32 Å². The minimum Gasteiger partial charge on any atom is -0.303 e. The van der Waals surface area contributed by atoms with Gasteiger partial charge in [-0.2, -0.15) is 0 Å². The quantitative estimate of drug-likeness (QED) is 0.599. The van der Waals surface area contributed by atoms with E-state index in [2.05, 4.69) is 10.6 Å². The van der Waals surface area contributed by atoms with E-state index >= 15 is 0 Å². The summed E-state index contributed by atoms with van der Waals surface area (Å²) >= 11 is 0. The summed E-state index contributed by atoms with van der Waals surface area (Å²) in [7, 11) is 0. The molecule has 1 aromatic rings. The largest absolute Gasteiger partial charge is 0.326 e. The Morgan fingerprint density at radius 2 is 1.82 bits per heavy atom. The molecule has 3 amide bonds. The lowest BCUT2D eigenvalue weighted by molar-refractivity contribution is -0.115. The Morgan fingerprint density at radius 3 is 2.41 bits per heavy atom. The third-order valence-corrected chi connectivity index (χ3v) is 2.29. The van der Waals surface area contributed by atoms with Crippen LogP contribution in [0.15, 0.2) is 47.7 Å². The van der Waals surface area contributed by atoms with Gasteiger partial charge in [-0.3, -0.25) is 10.1 Å². The van der Waals surface area contributed by atoms with E-state index in [-0.39, 0.29) is 5.70 Å². The van der Waals surface area contributed by atoms with Gasteiger partial charge in [0.15, 0.2) is 0 Å². The van der Waals surface area contributed by atoms with Gasteiger partial charge in [0.05, 0.1) is 0 Å². The molecule has 4 nitrogen and oxygen atoms in total. The number of imide groups is 1. The van der Waals surface area contributed by atoms with Gasteiger partial charge >= 0.3 is 6.03 Å². The molecule has 0 saturated carbocycles. The van der Waals surface area contributed by atoms with E-state index in [9.17, 15) is 9.59 Å². The second-order valence-corrected chi connectivity index (χ2v) is 3.77. The van der Waals surface area contributed by atoms with Gasteiger partial charge in [0.25, 0.3) is 5.91 Å². The maximum atomic E-state index is 11.3. The van der Waals surface area contributed by atoms with Crippen molar-refractivity contribution >= 4 is 18.0 Å². The minimum absolute atomic E-state index is 0.277. The van der Waals surface area contributed by atoms with Gasteiger partial charge in [-0.25, -0.2) is 4.79 Å². The van der Waals surface area contributed by atoms with Gasteiger partial charge in [-0.15, -0.1) is 0 Å². The summed E-state index contributed by atoms with van der Waals surface area (Å²) in [6, 6.07) is 9.28. The molecular weight excluding hydrogens is 216 g/mol. The standard InChI is InChI=1S/C13H12N2O2/c1-9(7-10-5-3-2-4-6-10)8-11-12(16)15-13(17)14-11/h2-8H,1H3,(H2,14,15,16,17)/b9-7-,11-8+. The average molecular weight is 228 g/mol. The molecule has 0 atom stereocenters. The molecule has 2 rings (SSSR count). The van der Waals surface area contributed by atoms with Crippen LogP contribution in [-0.4, -0.2) is 11.9 Å². The number of urea groups is 1. The van der Waals surface area contributed by atoms with Crippen LogP contribution in [0.4, 0.5) is 4.79 Å². The van der Waals surface area contributed by atoms with Crippen molar-refractivity contribution in [3.63, 3.8) is 0 Å². The predicted octanol–water partition coefficient (Wildman–Crippen LogP) is 1.81. The molecular formula is C13H12N2O2. The number of carbonyl (C=O) groups is 2. The van der Waals surface area contributed by atoms with Crippen LogP contribution in [0.1, 0.15) is 12.5 Å². The first-order chi connectivity index (χ1) is 8.15. The maximum absolute atomic E-state index is 11.3. The smallest absolute Gasteiger partial charge is 0.303 e. The Bertz CT molecular complexity index is 515. The zero-order valence-electron chi connectivity index (χ0n) is 9.36. The van der Waals surface area contributed by atoms with Gasteiger partial charge in [0, 0.05) is 0 Å². The van der Waals surface area contributed by atoms with E-state index in [0.29, 0.717) is 0 Å². The fourth-order valence-corrected chi connectivity index (χ4v) is 1.56. The van der Waals surface area contributed by atoms with Crippen molar-refractivity contribution in [3.8, 4) is 0 Å². The van der Waals surface area contributed by atoms with Crippen LogP contribution in [0.5, 0.6) is 0 Å². The number of allylic oxidation sites excluding steroid dienone is 2. The number of rotatable bonds is 2. The van der Waals surface area contributed by atoms with E-state index < -0.39 is 11.9 Å². The number of hydrogen-bond donors (Lipinski definition) is 2. The topological polar surface area (TPSA) is 58.2 Å². The van der Waals surface area contributed by atoms with E-state index in [1.807, 2.05) is 43.3 Å². The number of carbonyl (C=O) groups excluding carboxylic acids is 2. The normalized spacial score (nSPS) is 18.2. The molecule has 0 unspecified atom stereocenters. The third kappa shape index (κ3) is 2.81. The monoisotopic (exact) mass is 228 g/mol.